The van der Waals surface area contributed by atoms with E-state index < -0.39 is 0 Å². The average molecular weight is 750 g/mol. The molecule has 5 heterocycles. The molecule has 5 aliphatic rings. The molecule has 292 valence electrons. The largest absolute Gasteiger partial charge is 0.493 e. The van der Waals surface area contributed by atoms with Gasteiger partial charge in [0.15, 0.2) is 23.0 Å². The molecule has 0 spiro atoms. The third-order valence-corrected chi connectivity index (χ3v) is 12.4. The first-order valence-electron chi connectivity index (χ1n) is 19.7. The lowest BCUT2D eigenvalue weighted by Gasteiger charge is -2.40. The minimum atomic E-state index is -0.150. The lowest BCUT2D eigenvalue weighted by Crippen LogP contribution is -2.38. The van der Waals surface area contributed by atoms with E-state index in [9.17, 15) is 10.2 Å². The molecule has 3 atom stereocenters. The second-order valence-corrected chi connectivity index (χ2v) is 15.7. The van der Waals surface area contributed by atoms with Crippen LogP contribution in [0.25, 0.3) is 0 Å². The smallest absolute Gasteiger partial charge is 0.204 e. The summed E-state index contributed by atoms with van der Waals surface area (Å²) >= 11 is 0. The number of hydrogen-bond donors (Lipinski definition) is 2. The third kappa shape index (κ3) is 7.27. The van der Waals surface area contributed by atoms with Gasteiger partial charge in [0.05, 0.1) is 27.9 Å². The van der Waals surface area contributed by atoms with E-state index in [2.05, 4.69) is 65.2 Å². The summed E-state index contributed by atoms with van der Waals surface area (Å²) in [6.07, 6.45) is 5.26. The number of aliphatic hydroxyl groups excluding tert-OH is 2. The maximum Gasteiger partial charge on any atom is 0.204 e. The Morgan fingerprint density at radius 2 is 1.51 bits per heavy atom. The van der Waals surface area contributed by atoms with Gasteiger partial charge >= 0.3 is 0 Å². The Morgan fingerprint density at radius 3 is 2.25 bits per heavy atom. The number of fused-ring (bicyclic) bond motifs is 2. The van der Waals surface area contributed by atoms with Crippen LogP contribution >= 0.6 is 0 Å². The quantitative estimate of drug-likeness (QED) is 0.209. The number of aliphatic hydroxyl groups is 2. The summed E-state index contributed by atoms with van der Waals surface area (Å²) in [7, 11) is 9.44. The number of methoxy groups -OCH3 is 3. The van der Waals surface area contributed by atoms with Crippen molar-refractivity contribution in [2.24, 2.45) is 5.92 Å². The van der Waals surface area contributed by atoms with Gasteiger partial charge < -0.3 is 33.9 Å². The number of rotatable bonds is 7. The highest BCUT2D eigenvalue weighted by Gasteiger charge is 2.38. The Morgan fingerprint density at radius 1 is 0.764 bits per heavy atom. The van der Waals surface area contributed by atoms with Crippen LogP contribution in [0.4, 0.5) is 0 Å². The summed E-state index contributed by atoms with van der Waals surface area (Å²) in [6.45, 7) is 4.29. The van der Waals surface area contributed by atoms with Gasteiger partial charge in [0.1, 0.15) is 11.5 Å². The van der Waals surface area contributed by atoms with Crippen LogP contribution in [-0.2, 0) is 38.8 Å². The summed E-state index contributed by atoms with van der Waals surface area (Å²) in [5.41, 5.74) is 8.88. The van der Waals surface area contributed by atoms with Gasteiger partial charge in [-0.1, -0.05) is 18.2 Å². The zero-order chi connectivity index (χ0) is 38.2. The number of nitrogens with zero attached hydrogens (tertiary/aromatic N) is 3. The van der Waals surface area contributed by atoms with Crippen molar-refractivity contribution >= 4 is 0 Å². The first-order valence-corrected chi connectivity index (χ1v) is 19.7. The average Bonchev–Trinajstić information content (AvgIpc) is 3.20. The number of piperidine rings is 1. The van der Waals surface area contributed by atoms with Crippen LogP contribution in [0, 0.1) is 5.92 Å². The van der Waals surface area contributed by atoms with Crippen molar-refractivity contribution < 1.29 is 33.9 Å². The Balaban J connectivity index is 1.36. The molecule has 1 saturated heterocycles. The van der Waals surface area contributed by atoms with E-state index in [4.69, 9.17) is 23.7 Å². The Bertz CT molecular complexity index is 2020. The van der Waals surface area contributed by atoms with Crippen LogP contribution in [0.5, 0.6) is 40.2 Å². The fraction of sp³-hybridized carbons (Fsp3) is 0.467. The zero-order valence-corrected chi connectivity index (χ0v) is 32.9. The minimum Gasteiger partial charge on any atom is -0.493 e. The molecule has 0 amide bonds. The van der Waals surface area contributed by atoms with E-state index in [0.29, 0.717) is 47.5 Å². The fourth-order valence-corrected chi connectivity index (χ4v) is 9.39. The van der Waals surface area contributed by atoms with Gasteiger partial charge in [-0.25, -0.2) is 0 Å². The zero-order valence-electron chi connectivity index (χ0n) is 32.9. The monoisotopic (exact) mass is 749 g/mol. The van der Waals surface area contributed by atoms with Crippen molar-refractivity contribution in [2.45, 2.75) is 63.8 Å². The second kappa shape index (κ2) is 16.0. The van der Waals surface area contributed by atoms with Gasteiger partial charge in [-0.2, -0.15) is 0 Å². The van der Waals surface area contributed by atoms with Crippen LogP contribution in [0.3, 0.4) is 0 Å². The van der Waals surface area contributed by atoms with Crippen LogP contribution in [0.1, 0.15) is 69.4 Å². The van der Waals surface area contributed by atoms with Gasteiger partial charge in [-0.3, -0.25) is 14.7 Å². The van der Waals surface area contributed by atoms with Crippen molar-refractivity contribution in [3.8, 4) is 40.2 Å². The van der Waals surface area contributed by atoms with Crippen molar-refractivity contribution in [3.63, 3.8) is 0 Å². The summed E-state index contributed by atoms with van der Waals surface area (Å²) in [5.74, 6) is 4.83. The van der Waals surface area contributed by atoms with Crippen LogP contribution in [-0.4, -0.2) is 93.1 Å². The topological polar surface area (TPSA) is 96.3 Å². The minimum absolute atomic E-state index is 0.0858. The maximum atomic E-state index is 10.8. The second-order valence-electron chi connectivity index (χ2n) is 15.7. The molecule has 1 fully saturated rings. The summed E-state index contributed by atoms with van der Waals surface area (Å²) in [4.78, 5) is 7.26. The highest BCUT2D eigenvalue weighted by molar-refractivity contribution is 5.67. The molecule has 5 aliphatic heterocycles. The highest BCUT2D eigenvalue weighted by Crippen LogP contribution is 2.53. The Labute approximate surface area is 325 Å². The first-order chi connectivity index (χ1) is 26.8. The van der Waals surface area contributed by atoms with E-state index in [-0.39, 0.29) is 31.2 Å². The van der Waals surface area contributed by atoms with E-state index in [1.54, 1.807) is 21.3 Å². The van der Waals surface area contributed by atoms with Gasteiger partial charge in [-0.15, -0.1) is 0 Å². The van der Waals surface area contributed by atoms with Gasteiger partial charge in [0.25, 0.3) is 0 Å². The van der Waals surface area contributed by atoms with Crippen molar-refractivity contribution in [1.82, 2.24) is 14.7 Å². The van der Waals surface area contributed by atoms with Gasteiger partial charge in [0, 0.05) is 61.6 Å². The fourth-order valence-electron chi connectivity index (χ4n) is 9.39. The molecule has 10 heteroatoms. The molecular formula is C45H55N3O7. The first kappa shape index (κ1) is 37.6. The molecule has 2 N–H and O–H groups in total. The van der Waals surface area contributed by atoms with E-state index in [0.717, 1.165) is 86.3 Å². The molecule has 0 aliphatic carbocycles. The molecule has 0 aromatic heterocycles. The van der Waals surface area contributed by atoms with Gasteiger partial charge in [0.2, 0.25) is 5.75 Å². The molecule has 6 bridgehead atoms. The lowest BCUT2D eigenvalue weighted by atomic mass is 9.84. The van der Waals surface area contributed by atoms with Crippen LogP contribution in [0.2, 0.25) is 0 Å². The highest BCUT2D eigenvalue weighted by atomic mass is 16.5. The van der Waals surface area contributed by atoms with Crippen LogP contribution < -0.4 is 23.7 Å². The van der Waals surface area contributed by atoms with Crippen LogP contribution in [0.15, 0.2) is 54.6 Å². The molecule has 0 radical (unpaired) electrons. The molecule has 10 nitrogen and oxygen atoms in total. The van der Waals surface area contributed by atoms with E-state index in [1.165, 1.54) is 22.3 Å². The number of likely N-dealkylation sites (tertiary alicyclic amines) is 1. The van der Waals surface area contributed by atoms with Crippen molar-refractivity contribution in [1.29, 1.82) is 0 Å². The number of likely N-dealkylation sites (N-methyl/N-ethyl adjacent to an activating group) is 2. The summed E-state index contributed by atoms with van der Waals surface area (Å²) in [6, 6.07) is 18.9. The predicted octanol–water partition coefficient (Wildman–Crippen LogP) is 6.85. The third-order valence-electron chi connectivity index (χ3n) is 12.4. The number of ether oxygens (including phenoxy) is 5. The standard InChI is InChI=1S/C45H55N3O7/c1-46-17-14-31-22-32(27-50)40-23-35(31)37(46)19-28-8-11-33(12-9-28)54-41-21-29(10-13-39(41)51-3)20-38-42-34(15-18-47(38)2)36(25-48-16-6-7-30(24-48)26-49)43(52-4)45(53-5)44(42)55-40/h8-13,21-23,30,37-38,49-50H,6-7,14-20,24-27H2,1-5H3/t30?,37-,38-/m0/s1. The predicted molar refractivity (Wildman–Crippen MR) is 212 cm³/mol. The normalized spacial score (nSPS) is 21.5. The van der Waals surface area contributed by atoms with E-state index in [1.807, 2.05) is 18.2 Å². The van der Waals surface area contributed by atoms with E-state index >= 15 is 0 Å². The Hall–Kier alpha value is -4.32. The maximum absolute atomic E-state index is 10.8. The molecule has 4 aromatic carbocycles. The van der Waals surface area contributed by atoms with Gasteiger partial charge in [-0.05, 0) is 129 Å². The summed E-state index contributed by atoms with van der Waals surface area (Å²) < 4.78 is 32.2. The molecule has 4 aromatic rings. The lowest BCUT2D eigenvalue weighted by molar-refractivity contribution is 0.114. The molecular weight excluding hydrogens is 695 g/mol. The molecule has 9 rings (SSSR count). The van der Waals surface area contributed by atoms with Crippen molar-refractivity contribution in [3.05, 3.63) is 99.1 Å². The SMILES string of the molecule is COc1ccc2cc1Oc1ccc(cc1)C[C@H]1c3cc(c(CO)cc3CCN1C)Oc1c(OC)c(OC)c(CN3CCCC(CO)C3)c3c1[C@H](C2)N(C)CC3. The molecule has 0 saturated carbocycles. The molecule has 55 heavy (non-hydrogen) atoms. The number of benzene rings is 4. The Kier molecular flexibility index (Phi) is 11.0. The van der Waals surface area contributed by atoms with Crippen molar-refractivity contribution in [2.75, 3.05) is 68.2 Å². The molecule has 1 unspecified atom stereocenters. The number of hydrogen-bond acceptors (Lipinski definition) is 10. The summed E-state index contributed by atoms with van der Waals surface area (Å²) in [5, 5.41) is 20.9.